The molecule has 1 rings (SSSR count). The Kier molecular flexibility index (Phi) is 3.67. The maximum atomic E-state index is 8.46. The van der Waals surface area contributed by atoms with Gasteiger partial charge in [0.05, 0.1) is 0 Å². The molecular weight excluding hydrogens is 174 g/mol. The predicted octanol–water partition coefficient (Wildman–Crippen LogP) is 2.51. The highest BCUT2D eigenvalue weighted by Crippen LogP contribution is 2.22. The zero-order valence-corrected chi connectivity index (χ0v) is 9.17. The first-order valence-electron chi connectivity index (χ1n) is 5.00. The molecule has 0 bridgehead atoms. The van der Waals surface area contributed by atoms with Gasteiger partial charge in [0, 0.05) is 6.54 Å². The third kappa shape index (κ3) is 3.13. The Morgan fingerprint density at radius 3 is 2.14 bits per heavy atom. The Hall–Kier alpha value is -0.860. The van der Waals surface area contributed by atoms with E-state index in [2.05, 4.69) is 50.5 Å². The highest BCUT2D eigenvalue weighted by Gasteiger charge is 2.12. The molecule has 0 atom stereocenters. The lowest BCUT2D eigenvalue weighted by Gasteiger charge is -2.19. The van der Waals surface area contributed by atoms with Crippen LogP contribution in [-0.2, 0) is 11.8 Å². The summed E-state index contributed by atoms with van der Waals surface area (Å²) in [7, 11) is 0. The molecule has 0 saturated heterocycles. The van der Waals surface area contributed by atoms with Crippen molar-refractivity contribution in [2.24, 2.45) is 0 Å². The van der Waals surface area contributed by atoms with Crippen molar-refractivity contribution in [2.45, 2.75) is 32.6 Å². The summed E-state index contributed by atoms with van der Waals surface area (Å²) < 4.78 is 0. The van der Waals surface area contributed by atoms with Crippen molar-refractivity contribution in [3.05, 3.63) is 35.4 Å². The van der Waals surface area contributed by atoms with Crippen molar-refractivity contribution in [1.29, 1.82) is 0 Å². The molecule has 1 aromatic carbocycles. The normalized spacial score (nSPS) is 11.7. The van der Waals surface area contributed by atoms with Crippen LogP contribution in [0.25, 0.3) is 0 Å². The van der Waals surface area contributed by atoms with E-state index < -0.39 is 0 Å². The van der Waals surface area contributed by atoms with Crippen LogP contribution in [0.3, 0.4) is 0 Å². The van der Waals surface area contributed by atoms with Gasteiger partial charge in [-0.1, -0.05) is 45.0 Å². The maximum Gasteiger partial charge on any atom is 0.0247 e. The van der Waals surface area contributed by atoms with Crippen LogP contribution in [-0.4, -0.2) is 11.8 Å². The average Bonchev–Trinajstić information content (AvgIpc) is 2.14. The first-order chi connectivity index (χ1) is 6.54. The molecule has 0 unspecified atom stereocenters. The lowest BCUT2D eigenvalue weighted by Crippen LogP contribution is -2.12. The summed E-state index contributed by atoms with van der Waals surface area (Å²) >= 11 is 0. The van der Waals surface area contributed by atoms with Crippen LogP contribution in [0.1, 0.15) is 31.9 Å². The molecule has 0 aliphatic heterocycles. The van der Waals surface area contributed by atoms with Gasteiger partial charge in [0.2, 0.25) is 0 Å². The SMILES string of the molecule is CC(C)(C)c1ccc(CCNO)cc1. The molecule has 2 nitrogen and oxygen atoms in total. The highest BCUT2D eigenvalue weighted by molar-refractivity contribution is 5.27. The number of hydrogen-bond acceptors (Lipinski definition) is 2. The molecule has 2 N–H and O–H groups in total. The van der Waals surface area contributed by atoms with Crippen LogP contribution in [0, 0.1) is 0 Å². The fourth-order valence-electron chi connectivity index (χ4n) is 1.37. The Morgan fingerprint density at radius 2 is 1.71 bits per heavy atom. The van der Waals surface area contributed by atoms with Gasteiger partial charge >= 0.3 is 0 Å². The second-order valence-electron chi connectivity index (χ2n) is 4.61. The van der Waals surface area contributed by atoms with E-state index in [4.69, 9.17) is 5.21 Å². The molecule has 2 heteroatoms. The lowest BCUT2D eigenvalue weighted by atomic mass is 9.86. The molecule has 0 fully saturated rings. The number of nitrogens with one attached hydrogen (secondary N) is 1. The zero-order chi connectivity index (χ0) is 10.6. The van der Waals surface area contributed by atoms with Crippen molar-refractivity contribution in [1.82, 2.24) is 5.48 Å². The summed E-state index contributed by atoms with van der Waals surface area (Å²) in [6.07, 6.45) is 0.862. The summed E-state index contributed by atoms with van der Waals surface area (Å²) in [6, 6.07) is 8.56. The Balaban J connectivity index is 2.69. The van der Waals surface area contributed by atoms with Gasteiger partial charge in [0.15, 0.2) is 0 Å². The van der Waals surface area contributed by atoms with E-state index >= 15 is 0 Å². The third-order valence-corrected chi connectivity index (χ3v) is 2.35. The minimum absolute atomic E-state index is 0.216. The molecule has 0 saturated carbocycles. The summed E-state index contributed by atoms with van der Waals surface area (Å²) in [5.74, 6) is 0. The van der Waals surface area contributed by atoms with Gasteiger partial charge < -0.3 is 5.21 Å². The summed E-state index contributed by atoms with van der Waals surface area (Å²) in [5, 5.41) is 8.46. The van der Waals surface area contributed by atoms with Gasteiger partial charge in [-0.25, -0.2) is 5.48 Å². The van der Waals surface area contributed by atoms with Crippen LogP contribution >= 0.6 is 0 Å². The van der Waals surface area contributed by atoms with Gasteiger partial charge in [0.25, 0.3) is 0 Å². The molecule has 0 heterocycles. The molecule has 0 aliphatic rings. The molecule has 0 radical (unpaired) electrons. The fraction of sp³-hybridized carbons (Fsp3) is 0.500. The van der Waals surface area contributed by atoms with Gasteiger partial charge in [0.1, 0.15) is 0 Å². The quantitative estimate of drug-likeness (QED) is 0.723. The second-order valence-corrected chi connectivity index (χ2v) is 4.61. The maximum absolute atomic E-state index is 8.46. The molecular formula is C12H19NO. The van der Waals surface area contributed by atoms with Crippen molar-refractivity contribution < 1.29 is 5.21 Å². The first kappa shape index (κ1) is 11.2. The van der Waals surface area contributed by atoms with Crippen LogP contribution in [0.2, 0.25) is 0 Å². The Bertz CT molecular complexity index is 271. The topological polar surface area (TPSA) is 32.3 Å². The molecule has 14 heavy (non-hydrogen) atoms. The van der Waals surface area contributed by atoms with Crippen molar-refractivity contribution in [3.63, 3.8) is 0 Å². The van der Waals surface area contributed by atoms with Crippen molar-refractivity contribution >= 4 is 0 Å². The minimum atomic E-state index is 0.216. The molecule has 0 spiro atoms. The number of benzene rings is 1. The molecule has 0 aliphatic carbocycles. The van der Waals surface area contributed by atoms with Crippen LogP contribution in [0.15, 0.2) is 24.3 Å². The number of hydroxylamine groups is 1. The van der Waals surface area contributed by atoms with E-state index in [0.717, 1.165) is 6.42 Å². The highest BCUT2D eigenvalue weighted by atomic mass is 16.5. The minimum Gasteiger partial charge on any atom is -0.317 e. The molecule has 78 valence electrons. The number of rotatable bonds is 3. The predicted molar refractivity (Wildman–Crippen MR) is 58.6 cm³/mol. The van der Waals surface area contributed by atoms with Gasteiger partial charge in [-0.2, -0.15) is 0 Å². The average molecular weight is 193 g/mol. The monoisotopic (exact) mass is 193 g/mol. The Morgan fingerprint density at radius 1 is 1.14 bits per heavy atom. The standard InChI is InChI=1S/C12H19NO/c1-12(2,3)11-6-4-10(5-7-11)8-9-13-14/h4-7,13-14H,8-9H2,1-3H3. The molecule has 0 aromatic heterocycles. The van der Waals surface area contributed by atoms with Crippen LogP contribution in [0.4, 0.5) is 0 Å². The first-order valence-corrected chi connectivity index (χ1v) is 5.00. The van der Waals surface area contributed by atoms with Crippen LogP contribution < -0.4 is 5.48 Å². The summed E-state index contributed by atoms with van der Waals surface area (Å²) in [4.78, 5) is 0. The van der Waals surface area contributed by atoms with E-state index in [1.165, 1.54) is 11.1 Å². The fourth-order valence-corrected chi connectivity index (χ4v) is 1.37. The van der Waals surface area contributed by atoms with Gasteiger partial charge in [-0.15, -0.1) is 0 Å². The molecule has 1 aromatic rings. The molecule has 0 amide bonds. The van der Waals surface area contributed by atoms with Crippen molar-refractivity contribution in [3.8, 4) is 0 Å². The van der Waals surface area contributed by atoms with Crippen molar-refractivity contribution in [2.75, 3.05) is 6.54 Å². The van der Waals surface area contributed by atoms with Gasteiger partial charge in [-0.3, -0.25) is 0 Å². The zero-order valence-electron chi connectivity index (χ0n) is 9.17. The third-order valence-electron chi connectivity index (χ3n) is 2.35. The van der Waals surface area contributed by atoms with E-state index in [1.807, 2.05) is 0 Å². The van der Waals surface area contributed by atoms with E-state index in [9.17, 15) is 0 Å². The van der Waals surface area contributed by atoms with E-state index in [0.29, 0.717) is 6.54 Å². The Labute approximate surface area is 85.9 Å². The summed E-state index contributed by atoms with van der Waals surface area (Å²) in [5.41, 5.74) is 4.97. The van der Waals surface area contributed by atoms with Crippen LogP contribution in [0.5, 0.6) is 0 Å². The van der Waals surface area contributed by atoms with E-state index in [1.54, 1.807) is 0 Å². The van der Waals surface area contributed by atoms with E-state index in [-0.39, 0.29) is 5.41 Å². The largest absolute Gasteiger partial charge is 0.317 e. The second kappa shape index (κ2) is 4.58. The number of hydrogen-bond donors (Lipinski definition) is 2. The smallest absolute Gasteiger partial charge is 0.0247 e. The van der Waals surface area contributed by atoms with Gasteiger partial charge in [-0.05, 0) is 23.0 Å². The lowest BCUT2D eigenvalue weighted by molar-refractivity contribution is 0.168. The summed E-state index contributed by atoms with van der Waals surface area (Å²) in [6.45, 7) is 7.22.